The van der Waals surface area contributed by atoms with Crippen molar-refractivity contribution in [3.05, 3.63) is 51.7 Å². The first-order chi connectivity index (χ1) is 8.26. The smallest absolute Gasteiger partial charge is 0.121 e. The van der Waals surface area contributed by atoms with Gasteiger partial charge >= 0.3 is 0 Å². The Hall–Kier alpha value is -1.32. The quantitative estimate of drug-likeness (QED) is 0.894. The summed E-state index contributed by atoms with van der Waals surface area (Å²) in [4.78, 5) is 0. The second-order valence-corrected chi connectivity index (χ2v) is 4.79. The molecule has 2 aromatic rings. The normalized spacial score (nSPS) is 12.4. The molecule has 0 amide bonds. The molecule has 1 N–H and O–H groups in total. The highest BCUT2D eigenvalue weighted by Gasteiger charge is 2.13. The van der Waals surface area contributed by atoms with Crippen LogP contribution >= 0.6 is 11.3 Å². The third-order valence-electron chi connectivity index (χ3n) is 2.92. The number of aryl methyl sites for hydroxylation is 1. The van der Waals surface area contributed by atoms with E-state index in [4.69, 9.17) is 4.74 Å². The molecule has 0 aliphatic carbocycles. The van der Waals surface area contributed by atoms with Crippen LogP contribution in [-0.2, 0) is 0 Å². The second-order valence-electron chi connectivity index (χ2n) is 4.01. The van der Waals surface area contributed by atoms with Gasteiger partial charge < -0.3 is 10.1 Å². The Balaban J connectivity index is 2.35. The number of methoxy groups -OCH3 is 1. The molecule has 1 aromatic carbocycles. The summed E-state index contributed by atoms with van der Waals surface area (Å²) in [5.41, 5.74) is 3.74. The average molecular weight is 247 g/mol. The van der Waals surface area contributed by atoms with Gasteiger partial charge in [0.2, 0.25) is 0 Å². The van der Waals surface area contributed by atoms with E-state index in [1.807, 2.05) is 13.1 Å². The maximum atomic E-state index is 5.29. The van der Waals surface area contributed by atoms with Gasteiger partial charge in [-0.25, -0.2) is 0 Å². The van der Waals surface area contributed by atoms with Crippen molar-refractivity contribution in [2.45, 2.75) is 13.0 Å². The lowest BCUT2D eigenvalue weighted by Crippen LogP contribution is -2.17. The maximum Gasteiger partial charge on any atom is 0.121 e. The number of nitrogens with one attached hydrogen (secondary N) is 1. The van der Waals surface area contributed by atoms with Crippen LogP contribution in [0.2, 0.25) is 0 Å². The lowest BCUT2D eigenvalue weighted by atomic mass is 9.99. The van der Waals surface area contributed by atoms with Gasteiger partial charge in [-0.15, -0.1) is 0 Å². The van der Waals surface area contributed by atoms with Gasteiger partial charge in [0.15, 0.2) is 0 Å². The molecular weight excluding hydrogens is 230 g/mol. The van der Waals surface area contributed by atoms with Crippen molar-refractivity contribution in [2.24, 2.45) is 0 Å². The molecule has 2 nitrogen and oxygen atoms in total. The number of hydrogen-bond acceptors (Lipinski definition) is 3. The van der Waals surface area contributed by atoms with Crippen molar-refractivity contribution in [3.8, 4) is 5.75 Å². The molecule has 0 spiro atoms. The monoisotopic (exact) mass is 247 g/mol. The molecule has 90 valence electrons. The summed E-state index contributed by atoms with van der Waals surface area (Å²) in [6.07, 6.45) is 0. The van der Waals surface area contributed by atoms with Gasteiger partial charge in [0.1, 0.15) is 5.75 Å². The zero-order chi connectivity index (χ0) is 12.3. The minimum atomic E-state index is 0.255. The Morgan fingerprint density at radius 2 is 2.06 bits per heavy atom. The standard InChI is InChI=1S/C14H17NOS/c1-10-8-11(4-5-13(10)16-3)14(15-2)12-6-7-17-9-12/h4-9,14-15H,1-3H3. The lowest BCUT2D eigenvalue weighted by molar-refractivity contribution is 0.411. The number of thiophene rings is 1. The highest BCUT2D eigenvalue weighted by atomic mass is 32.1. The van der Waals surface area contributed by atoms with Crippen LogP contribution in [0.15, 0.2) is 35.0 Å². The van der Waals surface area contributed by atoms with E-state index in [-0.39, 0.29) is 6.04 Å². The average Bonchev–Trinajstić information content (AvgIpc) is 2.84. The van der Waals surface area contributed by atoms with Crippen LogP contribution in [0.3, 0.4) is 0 Å². The van der Waals surface area contributed by atoms with Crippen LogP contribution in [0.4, 0.5) is 0 Å². The summed E-state index contributed by atoms with van der Waals surface area (Å²) in [6.45, 7) is 2.07. The summed E-state index contributed by atoms with van der Waals surface area (Å²) in [5.74, 6) is 0.939. The van der Waals surface area contributed by atoms with Crippen LogP contribution in [0.25, 0.3) is 0 Å². The SMILES string of the molecule is CNC(c1ccsc1)c1ccc(OC)c(C)c1. The highest BCUT2D eigenvalue weighted by Crippen LogP contribution is 2.27. The van der Waals surface area contributed by atoms with Crippen molar-refractivity contribution in [2.75, 3.05) is 14.2 Å². The first kappa shape index (κ1) is 12.1. The molecule has 0 aliphatic heterocycles. The number of benzene rings is 1. The van der Waals surface area contributed by atoms with Crippen molar-refractivity contribution in [1.29, 1.82) is 0 Å². The summed E-state index contributed by atoms with van der Waals surface area (Å²) >= 11 is 1.73. The Labute approximate surface area is 106 Å². The van der Waals surface area contributed by atoms with Gasteiger partial charge in [0.25, 0.3) is 0 Å². The van der Waals surface area contributed by atoms with E-state index in [1.54, 1.807) is 18.4 Å². The summed E-state index contributed by atoms with van der Waals surface area (Å²) < 4.78 is 5.29. The minimum Gasteiger partial charge on any atom is -0.496 e. The molecule has 1 unspecified atom stereocenters. The Morgan fingerprint density at radius 1 is 1.24 bits per heavy atom. The molecule has 0 radical (unpaired) electrons. The summed E-state index contributed by atoms with van der Waals surface area (Å²) in [7, 11) is 3.69. The maximum absolute atomic E-state index is 5.29. The fraction of sp³-hybridized carbons (Fsp3) is 0.286. The second kappa shape index (κ2) is 5.34. The van der Waals surface area contributed by atoms with E-state index in [9.17, 15) is 0 Å². The van der Waals surface area contributed by atoms with E-state index in [1.165, 1.54) is 16.7 Å². The molecule has 0 fully saturated rings. The van der Waals surface area contributed by atoms with E-state index >= 15 is 0 Å². The fourth-order valence-corrected chi connectivity index (χ4v) is 2.73. The van der Waals surface area contributed by atoms with Crippen LogP contribution in [0.1, 0.15) is 22.7 Å². The van der Waals surface area contributed by atoms with Gasteiger partial charge in [0, 0.05) is 0 Å². The number of hydrogen-bond donors (Lipinski definition) is 1. The van der Waals surface area contributed by atoms with Gasteiger partial charge in [0.05, 0.1) is 13.2 Å². The summed E-state index contributed by atoms with van der Waals surface area (Å²) in [5, 5.41) is 7.64. The largest absolute Gasteiger partial charge is 0.496 e. The van der Waals surface area contributed by atoms with Gasteiger partial charge in [-0.2, -0.15) is 11.3 Å². The van der Waals surface area contributed by atoms with Crippen molar-refractivity contribution in [1.82, 2.24) is 5.32 Å². The van der Waals surface area contributed by atoms with E-state index in [0.29, 0.717) is 0 Å². The molecule has 1 aromatic heterocycles. The molecule has 2 rings (SSSR count). The number of ether oxygens (including phenoxy) is 1. The van der Waals surface area contributed by atoms with E-state index in [2.05, 4.69) is 41.2 Å². The third-order valence-corrected chi connectivity index (χ3v) is 3.62. The van der Waals surface area contributed by atoms with Crippen LogP contribution < -0.4 is 10.1 Å². The lowest BCUT2D eigenvalue weighted by Gasteiger charge is -2.17. The molecule has 1 atom stereocenters. The van der Waals surface area contributed by atoms with Gasteiger partial charge in [-0.05, 0) is 53.6 Å². The van der Waals surface area contributed by atoms with Crippen LogP contribution in [-0.4, -0.2) is 14.2 Å². The Bertz CT molecular complexity index is 479. The molecular formula is C14H17NOS. The molecule has 1 heterocycles. The molecule has 17 heavy (non-hydrogen) atoms. The highest BCUT2D eigenvalue weighted by molar-refractivity contribution is 7.08. The molecule has 0 aliphatic rings. The number of rotatable bonds is 4. The van der Waals surface area contributed by atoms with E-state index in [0.717, 1.165) is 5.75 Å². The Kier molecular flexibility index (Phi) is 3.82. The predicted molar refractivity (Wildman–Crippen MR) is 73.0 cm³/mol. The van der Waals surface area contributed by atoms with Crippen molar-refractivity contribution in [3.63, 3.8) is 0 Å². The Morgan fingerprint density at radius 3 is 2.59 bits per heavy atom. The first-order valence-electron chi connectivity index (χ1n) is 5.60. The zero-order valence-corrected chi connectivity index (χ0v) is 11.2. The molecule has 3 heteroatoms. The minimum absolute atomic E-state index is 0.255. The van der Waals surface area contributed by atoms with Gasteiger partial charge in [-0.3, -0.25) is 0 Å². The van der Waals surface area contributed by atoms with Gasteiger partial charge in [-0.1, -0.05) is 12.1 Å². The first-order valence-corrected chi connectivity index (χ1v) is 6.54. The van der Waals surface area contributed by atoms with Crippen LogP contribution in [0.5, 0.6) is 5.75 Å². The van der Waals surface area contributed by atoms with E-state index < -0.39 is 0 Å². The van der Waals surface area contributed by atoms with Crippen molar-refractivity contribution < 1.29 is 4.74 Å². The predicted octanol–water partition coefficient (Wildman–Crippen LogP) is 3.37. The zero-order valence-electron chi connectivity index (χ0n) is 10.4. The van der Waals surface area contributed by atoms with Crippen molar-refractivity contribution >= 4 is 11.3 Å². The molecule has 0 saturated heterocycles. The summed E-state index contributed by atoms with van der Waals surface area (Å²) in [6, 6.07) is 8.74. The fourth-order valence-electron chi connectivity index (χ4n) is 2.05. The third kappa shape index (κ3) is 2.51. The van der Waals surface area contributed by atoms with Crippen LogP contribution in [0, 0.1) is 6.92 Å². The topological polar surface area (TPSA) is 21.3 Å². The molecule has 0 bridgehead atoms. The molecule has 0 saturated carbocycles.